The zero-order chi connectivity index (χ0) is 14.5. The number of carbonyl (C=O) groups excluding carboxylic acids is 1. The van der Waals surface area contributed by atoms with Crippen LogP contribution in [0.25, 0.3) is 0 Å². The largest absolute Gasteiger partial charge is 0.488 e. The molecule has 0 saturated carbocycles. The van der Waals surface area contributed by atoms with Gasteiger partial charge in [0.1, 0.15) is 6.61 Å². The molecular formula is C11H17N7O2. The van der Waals surface area contributed by atoms with Crippen molar-refractivity contribution in [3.63, 3.8) is 0 Å². The topological polar surface area (TPSA) is 113 Å². The van der Waals surface area contributed by atoms with E-state index < -0.39 is 5.91 Å². The van der Waals surface area contributed by atoms with Gasteiger partial charge in [-0.3, -0.25) is 14.9 Å². The first-order valence-electron chi connectivity index (χ1n) is 6.18. The van der Waals surface area contributed by atoms with E-state index >= 15 is 0 Å². The van der Waals surface area contributed by atoms with Crippen molar-refractivity contribution < 1.29 is 9.53 Å². The fourth-order valence-corrected chi connectivity index (χ4v) is 1.52. The van der Waals surface area contributed by atoms with E-state index in [0.29, 0.717) is 24.9 Å². The first-order chi connectivity index (χ1) is 9.60. The summed E-state index contributed by atoms with van der Waals surface area (Å²) >= 11 is 0. The summed E-state index contributed by atoms with van der Waals surface area (Å²) in [6, 6.07) is 0.292. The Bertz CT molecular complexity index is 575. The lowest BCUT2D eigenvalue weighted by molar-refractivity contribution is 0.0948. The first-order valence-corrected chi connectivity index (χ1v) is 6.18. The van der Waals surface area contributed by atoms with E-state index in [1.54, 1.807) is 6.20 Å². The Balaban J connectivity index is 1.83. The highest BCUT2D eigenvalue weighted by Gasteiger charge is 2.08. The van der Waals surface area contributed by atoms with E-state index in [2.05, 4.69) is 15.4 Å². The van der Waals surface area contributed by atoms with Crippen LogP contribution in [0.15, 0.2) is 18.6 Å². The van der Waals surface area contributed by atoms with Crippen molar-refractivity contribution in [2.45, 2.75) is 26.4 Å². The molecule has 0 aliphatic rings. The quantitative estimate of drug-likeness (QED) is 0.428. The predicted octanol–water partition coefficient (Wildman–Crippen LogP) is -0.262. The fraction of sp³-hybridized carbons (Fsp3) is 0.455. The van der Waals surface area contributed by atoms with E-state index in [0.717, 1.165) is 0 Å². The highest BCUT2D eigenvalue weighted by molar-refractivity contribution is 5.91. The van der Waals surface area contributed by atoms with Crippen molar-refractivity contribution in [3.8, 4) is 5.75 Å². The van der Waals surface area contributed by atoms with Crippen LogP contribution in [-0.2, 0) is 6.54 Å². The normalized spacial score (nSPS) is 10.8. The maximum atomic E-state index is 11.2. The molecule has 2 aromatic heterocycles. The molecule has 0 bridgehead atoms. The van der Waals surface area contributed by atoms with Gasteiger partial charge in [0.05, 0.1) is 25.1 Å². The molecule has 0 aliphatic carbocycles. The molecule has 0 fully saturated rings. The standard InChI is InChI=1S/C11H17N7O2/c1-8(2)18-6-9(5-13-18)20-4-3-17-7-10(15-16-17)11(19)14-12/h5-8H,3-4,12H2,1-2H3,(H,14,19). The van der Waals surface area contributed by atoms with E-state index in [-0.39, 0.29) is 5.69 Å². The molecule has 0 radical (unpaired) electrons. The van der Waals surface area contributed by atoms with Crippen LogP contribution in [0, 0.1) is 0 Å². The monoisotopic (exact) mass is 279 g/mol. The molecule has 1 amide bonds. The molecule has 0 atom stereocenters. The Morgan fingerprint density at radius 1 is 1.50 bits per heavy atom. The molecule has 0 aliphatic heterocycles. The minimum absolute atomic E-state index is 0.167. The molecular weight excluding hydrogens is 262 g/mol. The average molecular weight is 279 g/mol. The van der Waals surface area contributed by atoms with Gasteiger partial charge in [-0.15, -0.1) is 5.10 Å². The number of ether oxygens (including phenoxy) is 1. The third-order valence-electron chi connectivity index (χ3n) is 2.60. The Labute approximate surface area is 115 Å². The number of aromatic nitrogens is 5. The van der Waals surface area contributed by atoms with Crippen molar-refractivity contribution in [3.05, 3.63) is 24.3 Å². The summed E-state index contributed by atoms with van der Waals surface area (Å²) in [5.41, 5.74) is 2.16. The van der Waals surface area contributed by atoms with Crippen molar-refractivity contribution in [2.24, 2.45) is 5.84 Å². The van der Waals surface area contributed by atoms with Gasteiger partial charge in [-0.1, -0.05) is 5.21 Å². The van der Waals surface area contributed by atoms with Crippen LogP contribution in [0.3, 0.4) is 0 Å². The number of nitrogens with two attached hydrogens (primary N) is 1. The van der Waals surface area contributed by atoms with E-state index in [1.165, 1.54) is 10.9 Å². The molecule has 2 heterocycles. The van der Waals surface area contributed by atoms with Crippen LogP contribution in [0.2, 0.25) is 0 Å². The average Bonchev–Trinajstić information content (AvgIpc) is 3.07. The van der Waals surface area contributed by atoms with Crippen molar-refractivity contribution in [1.29, 1.82) is 0 Å². The summed E-state index contributed by atoms with van der Waals surface area (Å²) < 4.78 is 8.86. The molecule has 9 heteroatoms. The van der Waals surface area contributed by atoms with Crippen LogP contribution in [-0.4, -0.2) is 37.3 Å². The Morgan fingerprint density at radius 3 is 2.95 bits per heavy atom. The van der Waals surface area contributed by atoms with Gasteiger partial charge < -0.3 is 4.74 Å². The number of nitrogen functional groups attached to an aromatic ring is 1. The molecule has 3 N–H and O–H groups in total. The number of hydrogen-bond donors (Lipinski definition) is 2. The lowest BCUT2D eigenvalue weighted by Gasteiger charge is -2.04. The van der Waals surface area contributed by atoms with E-state index in [1.807, 2.05) is 30.2 Å². The summed E-state index contributed by atoms with van der Waals surface area (Å²) in [4.78, 5) is 11.2. The fourth-order valence-electron chi connectivity index (χ4n) is 1.52. The first kappa shape index (κ1) is 14.0. The van der Waals surface area contributed by atoms with Gasteiger partial charge >= 0.3 is 0 Å². The van der Waals surface area contributed by atoms with Crippen LogP contribution in [0.5, 0.6) is 5.75 Å². The number of rotatable bonds is 6. The van der Waals surface area contributed by atoms with Gasteiger partial charge in [0.2, 0.25) is 0 Å². The number of carbonyl (C=O) groups is 1. The maximum absolute atomic E-state index is 11.2. The predicted molar refractivity (Wildman–Crippen MR) is 69.8 cm³/mol. The molecule has 9 nitrogen and oxygen atoms in total. The second kappa shape index (κ2) is 6.15. The smallest absolute Gasteiger partial charge is 0.287 e. The van der Waals surface area contributed by atoms with Crippen molar-refractivity contribution in [1.82, 2.24) is 30.2 Å². The molecule has 2 rings (SSSR count). The molecule has 0 saturated heterocycles. The summed E-state index contributed by atoms with van der Waals surface area (Å²) in [6.45, 7) is 4.95. The van der Waals surface area contributed by atoms with E-state index in [9.17, 15) is 4.79 Å². The Kier molecular flexibility index (Phi) is 4.31. The Hall–Kier alpha value is -2.42. The zero-order valence-electron chi connectivity index (χ0n) is 11.4. The molecule has 20 heavy (non-hydrogen) atoms. The van der Waals surface area contributed by atoms with Crippen LogP contribution >= 0.6 is 0 Å². The highest BCUT2D eigenvalue weighted by Crippen LogP contribution is 2.12. The third kappa shape index (κ3) is 3.32. The summed E-state index contributed by atoms with van der Waals surface area (Å²) in [5.74, 6) is 5.22. The van der Waals surface area contributed by atoms with Gasteiger partial charge in [0.15, 0.2) is 11.4 Å². The SMILES string of the molecule is CC(C)n1cc(OCCn2cc(C(=O)NN)nn2)cn1. The lowest BCUT2D eigenvalue weighted by atomic mass is 10.4. The van der Waals surface area contributed by atoms with Gasteiger partial charge in [-0.25, -0.2) is 10.5 Å². The second-order valence-corrected chi connectivity index (χ2v) is 4.44. The van der Waals surface area contributed by atoms with E-state index in [4.69, 9.17) is 10.6 Å². The summed E-state index contributed by atoms with van der Waals surface area (Å²) in [7, 11) is 0. The minimum Gasteiger partial charge on any atom is -0.488 e. The maximum Gasteiger partial charge on any atom is 0.287 e. The molecule has 2 aromatic rings. The molecule has 0 spiro atoms. The Morgan fingerprint density at radius 2 is 2.30 bits per heavy atom. The van der Waals surface area contributed by atoms with Crippen molar-refractivity contribution >= 4 is 5.91 Å². The number of hydrogen-bond acceptors (Lipinski definition) is 6. The van der Waals surface area contributed by atoms with Crippen molar-refractivity contribution in [2.75, 3.05) is 6.61 Å². The minimum atomic E-state index is -0.477. The number of amides is 1. The second-order valence-electron chi connectivity index (χ2n) is 4.44. The van der Waals surface area contributed by atoms with Crippen LogP contribution < -0.4 is 16.0 Å². The summed E-state index contributed by atoms with van der Waals surface area (Å²) in [5, 5.41) is 11.7. The number of nitrogens with one attached hydrogen (secondary N) is 1. The highest BCUT2D eigenvalue weighted by atomic mass is 16.5. The number of hydrazine groups is 1. The summed E-state index contributed by atoms with van der Waals surface area (Å²) in [6.07, 6.45) is 5.00. The number of nitrogens with zero attached hydrogens (tertiary/aromatic N) is 5. The molecule has 0 aromatic carbocycles. The van der Waals surface area contributed by atoms with Crippen LogP contribution in [0.1, 0.15) is 30.4 Å². The zero-order valence-corrected chi connectivity index (χ0v) is 11.4. The van der Waals surface area contributed by atoms with Gasteiger partial charge in [0, 0.05) is 6.04 Å². The van der Waals surface area contributed by atoms with Gasteiger partial charge in [-0.05, 0) is 13.8 Å². The lowest BCUT2D eigenvalue weighted by Crippen LogP contribution is -2.30. The van der Waals surface area contributed by atoms with Gasteiger partial charge in [-0.2, -0.15) is 5.10 Å². The van der Waals surface area contributed by atoms with Gasteiger partial charge in [0.25, 0.3) is 5.91 Å². The third-order valence-corrected chi connectivity index (χ3v) is 2.60. The van der Waals surface area contributed by atoms with Crippen LogP contribution in [0.4, 0.5) is 0 Å². The molecule has 108 valence electrons. The molecule has 0 unspecified atom stereocenters.